The van der Waals surface area contributed by atoms with Gasteiger partial charge >= 0.3 is 0 Å². The van der Waals surface area contributed by atoms with Crippen molar-refractivity contribution in [2.45, 2.75) is 31.7 Å². The number of hydrogen-bond donors (Lipinski definition) is 1. The first kappa shape index (κ1) is 14.5. The molecule has 0 aliphatic heterocycles. The standard InChI is InChI=1S/C17H16BrF2N/c1-10-6-16(20)17(9-15(10)19)21-12-7-11(8-12)13-4-2-3-5-14(13)18/h2-6,9,11-12,21H,7-8H2,1H3. The molecular weight excluding hydrogens is 336 g/mol. The number of halogens is 3. The minimum absolute atomic E-state index is 0.193. The summed E-state index contributed by atoms with van der Waals surface area (Å²) < 4.78 is 28.4. The lowest BCUT2D eigenvalue weighted by Crippen LogP contribution is -2.34. The summed E-state index contributed by atoms with van der Waals surface area (Å²) >= 11 is 3.56. The quantitative estimate of drug-likeness (QED) is 0.781. The van der Waals surface area contributed by atoms with Gasteiger partial charge in [-0.3, -0.25) is 0 Å². The molecular formula is C17H16BrF2N. The van der Waals surface area contributed by atoms with Crippen LogP contribution in [0.15, 0.2) is 40.9 Å². The normalized spacial score (nSPS) is 21.0. The van der Waals surface area contributed by atoms with Crippen LogP contribution in [0.4, 0.5) is 14.5 Å². The van der Waals surface area contributed by atoms with Gasteiger partial charge in [0.05, 0.1) is 5.69 Å². The summed E-state index contributed by atoms with van der Waals surface area (Å²) in [6, 6.07) is 10.8. The monoisotopic (exact) mass is 351 g/mol. The van der Waals surface area contributed by atoms with E-state index in [-0.39, 0.29) is 17.5 Å². The fourth-order valence-electron chi connectivity index (χ4n) is 2.77. The Morgan fingerprint density at radius 3 is 2.52 bits per heavy atom. The molecule has 21 heavy (non-hydrogen) atoms. The van der Waals surface area contributed by atoms with E-state index in [2.05, 4.69) is 27.3 Å². The molecule has 4 heteroatoms. The molecule has 110 valence electrons. The maximum Gasteiger partial charge on any atom is 0.146 e. The molecule has 0 amide bonds. The van der Waals surface area contributed by atoms with Gasteiger partial charge in [-0.25, -0.2) is 8.78 Å². The van der Waals surface area contributed by atoms with Gasteiger partial charge in [-0.15, -0.1) is 0 Å². The predicted molar refractivity (Wildman–Crippen MR) is 84.6 cm³/mol. The smallest absolute Gasteiger partial charge is 0.146 e. The van der Waals surface area contributed by atoms with E-state index in [9.17, 15) is 8.78 Å². The van der Waals surface area contributed by atoms with Crippen LogP contribution in [0.5, 0.6) is 0 Å². The zero-order valence-corrected chi connectivity index (χ0v) is 13.3. The van der Waals surface area contributed by atoms with E-state index in [1.165, 1.54) is 17.7 Å². The van der Waals surface area contributed by atoms with Gasteiger partial charge in [0.15, 0.2) is 0 Å². The zero-order valence-electron chi connectivity index (χ0n) is 11.7. The van der Waals surface area contributed by atoms with Gasteiger partial charge in [0.2, 0.25) is 0 Å². The molecule has 2 aromatic carbocycles. The van der Waals surface area contributed by atoms with Crippen LogP contribution < -0.4 is 5.32 Å². The molecule has 1 fully saturated rings. The van der Waals surface area contributed by atoms with Gasteiger partial charge in [-0.1, -0.05) is 34.1 Å². The Hall–Kier alpha value is -1.42. The van der Waals surface area contributed by atoms with E-state index < -0.39 is 5.82 Å². The van der Waals surface area contributed by atoms with Crippen LogP contribution in [0, 0.1) is 18.6 Å². The SMILES string of the molecule is Cc1cc(F)c(NC2CC(c3ccccc3Br)C2)cc1F. The molecule has 0 unspecified atom stereocenters. The highest BCUT2D eigenvalue weighted by Crippen LogP contribution is 2.41. The van der Waals surface area contributed by atoms with Crippen LogP contribution in [0.3, 0.4) is 0 Å². The maximum atomic E-state index is 13.8. The lowest BCUT2D eigenvalue weighted by atomic mass is 9.76. The third-order valence-electron chi connectivity index (χ3n) is 4.09. The van der Waals surface area contributed by atoms with E-state index in [1.54, 1.807) is 6.92 Å². The summed E-state index contributed by atoms with van der Waals surface area (Å²) in [4.78, 5) is 0. The molecule has 0 atom stereocenters. The molecule has 0 bridgehead atoms. The highest BCUT2D eigenvalue weighted by atomic mass is 79.9. The number of hydrogen-bond acceptors (Lipinski definition) is 1. The zero-order chi connectivity index (χ0) is 15.0. The van der Waals surface area contributed by atoms with E-state index in [0.29, 0.717) is 11.5 Å². The van der Waals surface area contributed by atoms with Crippen molar-refractivity contribution in [3.63, 3.8) is 0 Å². The Morgan fingerprint density at radius 1 is 1.10 bits per heavy atom. The fourth-order valence-corrected chi connectivity index (χ4v) is 3.38. The van der Waals surface area contributed by atoms with Crippen molar-refractivity contribution in [2.24, 2.45) is 0 Å². The van der Waals surface area contributed by atoms with E-state index in [1.807, 2.05) is 18.2 Å². The molecule has 1 aliphatic carbocycles. The largest absolute Gasteiger partial charge is 0.380 e. The van der Waals surface area contributed by atoms with Crippen molar-refractivity contribution in [1.82, 2.24) is 0 Å². The highest BCUT2D eigenvalue weighted by molar-refractivity contribution is 9.10. The minimum atomic E-state index is -0.391. The van der Waals surface area contributed by atoms with E-state index in [0.717, 1.165) is 17.3 Å². The van der Waals surface area contributed by atoms with Crippen molar-refractivity contribution in [2.75, 3.05) is 5.32 Å². The third-order valence-corrected chi connectivity index (χ3v) is 4.81. The van der Waals surface area contributed by atoms with Crippen LogP contribution in [0.2, 0.25) is 0 Å². The van der Waals surface area contributed by atoms with Crippen molar-refractivity contribution in [3.05, 3.63) is 63.6 Å². The molecule has 1 saturated carbocycles. The summed E-state index contributed by atoms with van der Waals surface area (Å²) in [5, 5.41) is 3.10. The average molecular weight is 352 g/mol. The Kier molecular flexibility index (Phi) is 3.98. The molecule has 0 aromatic heterocycles. The van der Waals surface area contributed by atoms with Crippen LogP contribution >= 0.6 is 15.9 Å². The van der Waals surface area contributed by atoms with Gasteiger partial charge < -0.3 is 5.32 Å². The van der Waals surface area contributed by atoms with Crippen molar-refractivity contribution < 1.29 is 8.78 Å². The Labute approximate surface area is 131 Å². The number of nitrogens with one attached hydrogen (secondary N) is 1. The number of aryl methyl sites for hydroxylation is 1. The molecule has 1 aliphatic rings. The number of benzene rings is 2. The van der Waals surface area contributed by atoms with E-state index >= 15 is 0 Å². The second-order valence-electron chi connectivity index (χ2n) is 5.61. The molecule has 0 radical (unpaired) electrons. The first-order chi connectivity index (χ1) is 10.0. The lowest BCUT2D eigenvalue weighted by Gasteiger charge is -2.37. The van der Waals surface area contributed by atoms with Crippen LogP contribution in [0.25, 0.3) is 0 Å². The van der Waals surface area contributed by atoms with Crippen LogP contribution in [-0.4, -0.2) is 6.04 Å². The minimum Gasteiger partial charge on any atom is -0.380 e. The van der Waals surface area contributed by atoms with Gasteiger partial charge in [-0.05, 0) is 48.9 Å². The predicted octanol–water partition coefficient (Wildman–Crippen LogP) is 5.39. The highest BCUT2D eigenvalue weighted by Gasteiger charge is 2.31. The van der Waals surface area contributed by atoms with Crippen molar-refractivity contribution in [3.8, 4) is 0 Å². The first-order valence-corrected chi connectivity index (χ1v) is 7.80. The van der Waals surface area contributed by atoms with Gasteiger partial charge in [0, 0.05) is 16.6 Å². The summed E-state index contributed by atoms with van der Waals surface area (Å²) in [5.74, 6) is -0.296. The molecule has 3 rings (SSSR count). The van der Waals surface area contributed by atoms with Crippen LogP contribution in [0.1, 0.15) is 29.9 Å². The summed E-state index contributed by atoms with van der Waals surface area (Å²) in [7, 11) is 0. The van der Waals surface area contributed by atoms with Gasteiger partial charge in [0.1, 0.15) is 11.6 Å². The summed E-state index contributed by atoms with van der Waals surface area (Å²) in [6.45, 7) is 1.56. The Bertz CT molecular complexity index is 666. The molecule has 0 heterocycles. The van der Waals surface area contributed by atoms with Gasteiger partial charge in [0.25, 0.3) is 0 Å². The second kappa shape index (κ2) is 5.76. The molecule has 0 saturated heterocycles. The Balaban J connectivity index is 1.65. The van der Waals surface area contributed by atoms with E-state index in [4.69, 9.17) is 0 Å². The van der Waals surface area contributed by atoms with Crippen molar-refractivity contribution >= 4 is 21.6 Å². The molecule has 1 N–H and O–H groups in total. The third kappa shape index (κ3) is 2.95. The number of anilines is 1. The molecule has 0 spiro atoms. The van der Waals surface area contributed by atoms with Crippen molar-refractivity contribution in [1.29, 1.82) is 0 Å². The molecule has 1 nitrogen and oxygen atoms in total. The van der Waals surface area contributed by atoms with Crippen LogP contribution in [-0.2, 0) is 0 Å². The maximum absolute atomic E-state index is 13.8. The Morgan fingerprint density at radius 2 is 1.81 bits per heavy atom. The summed E-state index contributed by atoms with van der Waals surface area (Å²) in [5.41, 5.74) is 1.87. The fraction of sp³-hybridized carbons (Fsp3) is 0.294. The number of rotatable bonds is 3. The summed E-state index contributed by atoms with van der Waals surface area (Å²) in [6.07, 6.45) is 1.86. The second-order valence-corrected chi connectivity index (χ2v) is 6.47. The molecule has 2 aromatic rings. The van der Waals surface area contributed by atoms with Gasteiger partial charge in [-0.2, -0.15) is 0 Å². The average Bonchev–Trinajstić information content (AvgIpc) is 2.40. The lowest BCUT2D eigenvalue weighted by molar-refractivity contribution is 0.371. The first-order valence-electron chi connectivity index (χ1n) is 7.01. The topological polar surface area (TPSA) is 12.0 Å².